The quantitative estimate of drug-likeness (QED) is 0.766. The molecule has 0 spiro atoms. The molecule has 0 amide bonds. The minimum Gasteiger partial charge on any atom is -0.506 e. The lowest BCUT2D eigenvalue weighted by molar-refractivity contribution is 0.477. The van der Waals surface area contributed by atoms with Crippen molar-refractivity contribution in [3.63, 3.8) is 0 Å². The van der Waals surface area contributed by atoms with Crippen LogP contribution in [0.3, 0.4) is 0 Å². The Bertz CT molecular complexity index is 474. The van der Waals surface area contributed by atoms with Gasteiger partial charge in [0.1, 0.15) is 11.4 Å². The van der Waals surface area contributed by atoms with Gasteiger partial charge in [-0.1, -0.05) is 18.2 Å². The van der Waals surface area contributed by atoms with Crippen molar-refractivity contribution >= 4 is 22.7 Å². The number of hydrogen-bond acceptors (Lipinski definition) is 3. The predicted molar refractivity (Wildman–Crippen MR) is 64.3 cm³/mol. The Hall–Kier alpha value is -1.61. The van der Waals surface area contributed by atoms with Crippen molar-refractivity contribution in [1.82, 2.24) is 0 Å². The third-order valence-electron chi connectivity index (χ3n) is 2.05. The second kappa shape index (κ2) is 4.28. The third-order valence-corrected chi connectivity index (χ3v) is 3.03. The van der Waals surface area contributed by atoms with Crippen LogP contribution in [0.5, 0.6) is 5.75 Å². The number of thiophene rings is 1. The maximum absolute atomic E-state index is 9.55. The Morgan fingerprint density at radius 3 is 2.67 bits per heavy atom. The van der Waals surface area contributed by atoms with Crippen molar-refractivity contribution in [3.8, 4) is 5.75 Å². The molecule has 1 aromatic heterocycles. The van der Waals surface area contributed by atoms with Gasteiger partial charge in [0.05, 0.1) is 5.71 Å². The van der Waals surface area contributed by atoms with Crippen LogP contribution in [-0.2, 0) is 0 Å². The molecule has 2 rings (SSSR count). The molecule has 1 N–H and O–H groups in total. The molecule has 2 nitrogen and oxygen atoms in total. The van der Waals surface area contributed by atoms with Crippen molar-refractivity contribution in [3.05, 3.63) is 46.7 Å². The summed E-state index contributed by atoms with van der Waals surface area (Å²) >= 11 is 1.64. The van der Waals surface area contributed by atoms with E-state index in [2.05, 4.69) is 4.99 Å². The molecular weight excluding hydrogens is 206 g/mol. The fraction of sp³-hybridized carbons (Fsp3) is 0.0833. The van der Waals surface area contributed by atoms with Crippen LogP contribution in [0.15, 0.2) is 46.8 Å². The predicted octanol–water partition coefficient (Wildman–Crippen LogP) is 3.59. The Kier molecular flexibility index (Phi) is 2.83. The van der Waals surface area contributed by atoms with Gasteiger partial charge in [-0.2, -0.15) is 0 Å². The summed E-state index contributed by atoms with van der Waals surface area (Å²) in [6, 6.07) is 11.1. The van der Waals surface area contributed by atoms with Crippen molar-refractivity contribution in [2.24, 2.45) is 4.99 Å². The molecular formula is C12H11NOS. The van der Waals surface area contributed by atoms with Gasteiger partial charge < -0.3 is 5.11 Å². The molecule has 0 saturated carbocycles. The summed E-state index contributed by atoms with van der Waals surface area (Å²) in [4.78, 5) is 5.50. The van der Waals surface area contributed by atoms with Crippen LogP contribution < -0.4 is 0 Å². The molecule has 0 aliphatic carbocycles. The normalized spacial score (nSPS) is 11.7. The maximum Gasteiger partial charge on any atom is 0.141 e. The Balaban J connectivity index is 2.35. The van der Waals surface area contributed by atoms with Gasteiger partial charge in [-0.3, -0.25) is 0 Å². The van der Waals surface area contributed by atoms with Gasteiger partial charge in [-0.05, 0) is 30.5 Å². The first kappa shape index (κ1) is 9.93. The highest BCUT2D eigenvalue weighted by atomic mass is 32.1. The summed E-state index contributed by atoms with van der Waals surface area (Å²) < 4.78 is 0. The first-order valence-electron chi connectivity index (χ1n) is 4.64. The summed E-state index contributed by atoms with van der Waals surface area (Å²) in [5.41, 5.74) is 1.54. The molecule has 0 saturated heterocycles. The number of rotatable bonds is 2. The molecule has 3 heteroatoms. The third kappa shape index (κ3) is 2.25. The van der Waals surface area contributed by atoms with Crippen molar-refractivity contribution in [2.75, 3.05) is 0 Å². The second-order valence-electron chi connectivity index (χ2n) is 3.16. The van der Waals surface area contributed by atoms with E-state index in [-0.39, 0.29) is 5.75 Å². The van der Waals surface area contributed by atoms with Gasteiger partial charge in [-0.25, -0.2) is 4.99 Å². The van der Waals surface area contributed by atoms with E-state index in [0.29, 0.717) is 5.69 Å². The smallest absolute Gasteiger partial charge is 0.141 e. The zero-order chi connectivity index (χ0) is 10.7. The maximum atomic E-state index is 9.55. The summed E-state index contributed by atoms with van der Waals surface area (Å²) in [5, 5.41) is 11.6. The van der Waals surface area contributed by atoms with Gasteiger partial charge in [0, 0.05) is 4.88 Å². The number of hydrogen-bond donors (Lipinski definition) is 1. The van der Waals surface area contributed by atoms with E-state index in [4.69, 9.17) is 0 Å². The highest BCUT2D eigenvalue weighted by Crippen LogP contribution is 2.26. The molecule has 0 atom stereocenters. The van der Waals surface area contributed by atoms with Gasteiger partial charge >= 0.3 is 0 Å². The summed E-state index contributed by atoms with van der Waals surface area (Å²) in [6.07, 6.45) is 0. The van der Waals surface area contributed by atoms with E-state index >= 15 is 0 Å². The molecule has 1 aromatic carbocycles. The fourth-order valence-electron chi connectivity index (χ4n) is 1.28. The van der Waals surface area contributed by atoms with Crippen LogP contribution in [0.25, 0.3) is 0 Å². The topological polar surface area (TPSA) is 32.6 Å². The van der Waals surface area contributed by atoms with E-state index in [1.165, 1.54) is 0 Å². The van der Waals surface area contributed by atoms with Crippen LogP contribution in [0.2, 0.25) is 0 Å². The molecule has 0 radical (unpaired) electrons. The van der Waals surface area contributed by atoms with Crippen LogP contribution in [0.1, 0.15) is 11.8 Å². The number of benzene rings is 1. The molecule has 0 unspecified atom stereocenters. The zero-order valence-electron chi connectivity index (χ0n) is 8.34. The molecule has 0 aliphatic rings. The molecule has 0 bridgehead atoms. The molecule has 0 aliphatic heterocycles. The Labute approximate surface area is 92.5 Å². The number of phenols is 1. The van der Waals surface area contributed by atoms with E-state index < -0.39 is 0 Å². The summed E-state index contributed by atoms with van der Waals surface area (Å²) in [7, 11) is 0. The Morgan fingerprint density at radius 1 is 1.20 bits per heavy atom. The summed E-state index contributed by atoms with van der Waals surface area (Å²) in [6.45, 7) is 1.94. The lowest BCUT2D eigenvalue weighted by Crippen LogP contribution is -1.88. The zero-order valence-corrected chi connectivity index (χ0v) is 9.16. The standard InChI is InChI=1S/C12H11NOS/c1-9(12-7-4-8-15-12)13-10-5-2-3-6-11(10)14/h2-8,14H,1H3. The molecule has 2 aromatic rings. The van der Waals surface area contributed by atoms with Crippen molar-refractivity contribution in [1.29, 1.82) is 0 Å². The average molecular weight is 217 g/mol. The van der Waals surface area contributed by atoms with Gasteiger partial charge in [0.25, 0.3) is 0 Å². The monoisotopic (exact) mass is 217 g/mol. The summed E-state index contributed by atoms with van der Waals surface area (Å²) in [5.74, 6) is 0.216. The Morgan fingerprint density at radius 2 is 2.00 bits per heavy atom. The number of phenolic OH excluding ortho intramolecular Hbond substituents is 1. The lowest BCUT2D eigenvalue weighted by atomic mass is 10.3. The van der Waals surface area contributed by atoms with E-state index in [1.807, 2.05) is 30.5 Å². The molecule has 1 heterocycles. The van der Waals surface area contributed by atoms with Crippen LogP contribution in [0.4, 0.5) is 5.69 Å². The van der Waals surface area contributed by atoms with Crippen LogP contribution in [-0.4, -0.2) is 10.8 Å². The SMILES string of the molecule is CC(=Nc1ccccc1O)c1cccs1. The van der Waals surface area contributed by atoms with Gasteiger partial charge in [-0.15, -0.1) is 11.3 Å². The molecule has 0 fully saturated rings. The average Bonchev–Trinajstić information content (AvgIpc) is 2.74. The van der Waals surface area contributed by atoms with E-state index in [9.17, 15) is 5.11 Å². The number of aromatic hydroxyl groups is 1. The van der Waals surface area contributed by atoms with Crippen molar-refractivity contribution in [2.45, 2.75) is 6.92 Å². The van der Waals surface area contributed by atoms with Crippen LogP contribution in [0, 0.1) is 0 Å². The number of nitrogens with zero attached hydrogens (tertiary/aromatic N) is 1. The largest absolute Gasteiger partial charge is 0.506 e. The minimum absolute atomic E-state index is 0.216. The fourth-order valence-corrected chi connectivity index (χ4v) is 1.96. The number of para-hydroxylation sites is 2. The van der Waals surface area contributed by atoms with Crippen LogP contribution >= 0.6 is 11.3 Å². The highest BCUT2D eigenvalue weighted by Gasteiger charge is 2.01. The second-order valence-corrected chi connectivity index (χ2v) is 4.11. The van der Waals surface area contributed by atoms with Gasteiger partial charge in [0.2, 0.25) is 0 Å². The molecule has 76 valence electrons. The minimum atomic E-state index is 0.216. The van der Waals surface area contributed by atoms with E-state index in [1.54, 1.807) is 29.5 Å². The molecule has 15 heavy (non-hydrogen) atoms. The lowest BCUT2D eigenvalue weighted by Gasteiger charge is -1.99. The first-order valence-corrected chi connectivity index (χ1v) is 5.52. The van der Waals surface area contributed by atoms with Crippen molar-refractivity contribution < 1.29 is 5.11 Å². The van der Waals surface area contributed by atoms with Gasteiger partial charge in [0.15, 0.2) is 0 Å². The number of aliphatic imine (C=N–C) groups is 1. The highest BCUT2D eigenvalue weighted by molar-refractivity contribution is 7.12. The van der Waals surface area contributed by atoms with E-state index in [0.717, 1.165) is 10.6 Å². The first-order chi connectivity index (χ1) is 7.27.